The predicted molar refractivity (Wildman–Crippen MR) is 228 cm³/mol. The van der Waals surface area contributed by atoms with Crippen molar-refractivity contribution in [2.75, 3.05) is 19.8 Å². The van der Waals surface area contributed by atoms with Gasteiger partial charge in [-0.1, -0.05) is 118 Å². The zero-order valence-electron chi connectivity index (χ0n) is 34.9. The van der Waals surface area contributed by atoms with Crippen LogP contribution < -0.4 is 5.73 Å². The Kier molecular flexibility index (Phi) is 30.2. The topological polar surface area (TPSA) is 232 Å². The molecular formula is C44H70NO13P. The summed E-state index contributed by atoms with van der Waals surface area (Å²) in [4.78, 5) is 46.2. The third kappa shape index (κ3) is 27.8. The lowest BCUT2D eigenvalue weighted by Crippen LogP contribution is -2.34. The van der Waals surface area contributed by atoms with Gasteiger partial charge in [0.2, 0.25) is 0 Å². The number of ether oxygens (including phenoxy) is 2. The van der Waals surface area contributed by atoms with Crippen LogP contribution in [0.2, 0.25) is 0 Å². The maximum absolute atomic E-state index is 12.8. The highest BCUT2D eigenvalue weighted by atomic mass is 31.2. The lowest BCUT2D eigenvalue weighted by molar-refractivity contribution is -0.160. The number of allylic oxidation sites excluding steroid dienone is 11. The number of phosphoric ester groups is 1. The van der Waals surface area contributed by atoms with Crippen LogP contribution in [0.15, 0.2) is 85.1 Å². The van der Waals surface area contributed by atoms with E-state index in [1.165, 1.54) is 6.08 Å². The highest BCUT2D eigenvalue weighted by Gasteiger charge is 2.39. The van der Waals surface area contributed by atoms with Gasteiger partial charge in [-0.25, -0.2) is 4.57 Å². The molecule has 0 aromatic rings. The molecule has 15 heteroatoms. The van der Waals surface area contributed by atoms with Gasteiger partial charge in [-0.3, -0.25) is 23.4 Å². The third-order valence-corrected chi connectivity index (χ3v) is 10.2. The van der Waals surface area contributed by atoms with Crippen molar-refractivity contribution in [1.29, 1.82) is 0 Å². The maximum Gasteiger partial charge on any atom is 0.472 e. The normalized spacial score (nSPS) is 21.5. The molecule has 0 spiro atoms. The maximum atomic E-state index is 12.8. The fourth-order valence-corrected chi connectivity index (χ4v) is 6.68. The Morgan fingerprint density at radius 1 is 0.780 bits per heavy atom. The summed E-state index contributed by atoms with van der Waals surface area (Å²) in [6.45, 7) is 2.16. The van der Waals surface area contributed by atoms with Gasteiger partial charge >= 0.3 is 25.7 Å². The minimum absolute atomic E-state index is 0.0724. The first-order valence-electron chi connectivity index (χ1n) is 20.9. The third-order valence-electron chi connectivity index (χ3n) is 9.23. The fourth-order valence-electron chi connectivity index (χ4n) is 5.90. The van der Waals surface area contributed by atoms with Gasteiger partial charge < -0.3 is 40.5 Å². The number of carbonyl (C=O) groups excluding carboxylic acids is 2. The molecule has 334 valence electrons. The summed E-state index contributed by atoms with van der Waals surface area (Å²) < 4.78 is 32.5. The van der Waals surface area contributed by atoms with Crippen molar-refractivity contribution in [3.05, 3.63) is 85.1 Å². The Morgan fingerprint density at radius 2 is 1.39 bits per heavy atom. The molecule has 0 radical (unpaired) electrons. The van der Waals surface area contributed by atoms with Gasteiger partial charge in [0.05, 0.1) is 37.9 Å². The van der Waals surface area contributed by atoms with Crippen LogP contribution in [0.25, 0.3) is 0 Å². The molecule has 0 aliphatic heterocycles. The molecule has 0 saturated heterocycles. The van der Waals surface area contributed by atoms with Gasteiger partial charge in [-0.05, 0) is 63.7 Å². The van der Waals surface area contributed by atoms with Crippen molar-refractivity contribution in [1.82, 2.24) is 0 Å². The first-order valence-corrected chi connectivity index (χ1v) is 22.4. The van der Waals surface area contributed by atoms with Gasteiger partial charge in [0.15, 0.2) is 6.10 Å². The quantitative estimate of drug-likeness (QED) is 0.0167. The van der Waals surface area contributed by atoms with Gasteiger partial charge in [-0.15, -0.1) is 0 Å². The van der Waals surface area contributed by atoms with E-state index in [2.05, 4.69) is 67.0 Å². The van der Waals surface area contributed by atoms with Gasteiger partial charge in [0.25, 0.3) is 0 Å². The van der Waals surface area contributed by atoms with E-state index in [4.69, 9.17) is 24.8 Å². The molecule has 0 aromatic heterocycles. The zero-order valence-corrected chi connectivity index (χ0v) is 35.8. The Bertz CT molecular complexity index is 1440. The molecule has 14 nitrogen and oxygen atoms in total. The van der Waals surface area contributed by atoms with Crippen molar-refractivity contribution in [3.63, 3.8) is 0 Å². The molecule has 1 fully saturated rings. The average molecular weight is 852 g/mol. The largest absolute Gasteiger partial charge is 0.480 e. The number of rotatable bonds is 33. The van der Waals surface area contributed by atoms with Crippen molar-refractivity contribution >= 4 is 25.7 Å². The van der Waals surface area contributed by atoms with Crippen molar-refractivity contribution in [2.24, 2.45) is 17.6 Å². The molecule has 7 N–H and O–H groups in total. The smallest absolute Gasteiger partial charge is 0.472 e. The summed E-state index contributed by atoms with van der Waals surface area (Å²) in [6.07, 6.45) is 33.7. The number of nitrogens with two attached hydrogens (primary N) is 1. The van der Waals surface area contributed by atoms with Gasteiger partial charge in [-0.2, -0.15) is 0 Å². The fraction of sp³-hybridized carbons (Fsp3) is 0.614. The summed E-state index contributed by atoms with van der Waals surface area (Å²) in [7, 11) is -4.83. The molecule has 0 bridgehead atoms. The molecule has 1 aliphatic rings. The molecule has 1 saturated carbocycles. The zero-order chi connectivity index (χ0) is 43.7. The number of phosphoric acid groups is 1. The van der Waals surface area contributed by atoms with Crippen molar-refractivity contribution in [3.8, 4) is 0 Å². The van der Waals surface area contributed by atoms with E-state index in [0.717, 1.165) is 51.4 Å². The molecule has 1 rings (SSSR count). The number of esters is 2. The first kappa shape index (κ1) is 53.6. The lowest BCUT2D eigenvalue weighted by Gasteiger charge is -2.20. The van der Waals surface area contributed by atoms with Crippen LogP contribution in [0.3, 0.4) is 0 Å². The van der Waals surface area contributed by atoms with E-state index in [0.29, 0.717) is 25.7 Å². The van der Waals surface area contributed by atoms with Crippen LogP contribution in [0.5, 0.6) is 0 Å². The van der Waals surface area contributed by atoms with Crippen molar-refractivity contribution < 1.29 is 62.8 Å². The molecule has 0 heterocycles. The van der Waals surface area contributed by atoms with E-state index in [1.807, 2.05) is 12.2 Å². The van der Waals surface area contributed by atoms with Crippen molar-refractivity contribution in [2.45, 2.75) is 141 Å². The Hall–Kier alpha value is -3.46. The predicted octanol–water partition coefficient (Wildman–Crippen LogP) is 7.10. The van der Waals surface area contributed by atoms with Crippen LogP contribution in [0.1, 0.15) is 110 Å². The number of carboxylic acids is 1. The van der Waals surface area contributed by atoms with Gasteiger partial charge in [0.1, 0.15) is 12.6 Å². The lowest BCUT2D eigenvalue weighted by atomic mass is 9.89. The minimum atomic E-state index is -4.83. The van der Waals surface area contributed by atoms with Gasteiger partial charge in [0, 0.05) is 18.8 Å². The SMILES string of the molecule is CC/C=C\C/C=C\C/C=C\C/C=C\C/C=C\CCCC(=O)OC[C@H](COP(=O)(O)OC[C@H](N)C(=O)O)OC(=O)C/C=C\C[C@H]1[C@@H](/C=C/[C@H](O)CCCCC)[C@H](O)C[C@@H]1O. The molecule has 59 heavy (non-hydrogen) atoms. The summed E-state index contributed by atoms with van der Waals surface area (Å²) in [5.74, 6) is -3.54. The summed E-state index contributed by atoms with van der Waals surface area (Å²) in [5.41, 5.74) is 5.32. The van der Waals surface area contributed by atoms with Crippen LogP contribution in [0.4, 0.5) is 0 Å². The molecule has 1 unspecified atom stereocenters. The highest BCUT2D eigenvalue weighted by Crippen LogP contribution is 2.43. The second-order valence-electron chi connectivity index (χ2n) is 14.4. The summed E-state index contributed by atoms with van der Waals surface area (Å²) >= 11 is 0. The number of carboxylic acid groups (broad SMARTS) is 1. The summed E-state index contributed by atoms with van der Waals surface area (Å²) in [5, 5.41) is 40.2. The molecule has 0 amide bonds. The van der Waals surface area contributed by atoms with E-state index >= 15 is 0 Å². The summed E-state index contributed by atoms with van der Waals surface area (Å²) in [6, 6.07) is -1.59. The number of unbranched alkanes of at least 4 members (excludes halogenated alkanes) is 3. The molecule has 1 aliphatic carbocycles. The van der Waals surface area contributed by atoms with Crippen LogP contribution in [-0.4, -0.2) is 93.5 Å². The van der Waals surface area contributed by atoms with E-state index in [-0.39, 0.29) is 31.1 Å². The van der Waals surface area contributed by atoms with Crippen LogP contribution in [-0.2, 0) is 37.5 Å². The Morgan fingerprint density at radius 3 is 2.00 bits per heavy atom. The highest BCUT2D eigenvalue weighted by molar-refractivity contribution is 7.47. The average Bonchev–Trinajstić information content (AvgIpc) is 3.47. The number of aliphatic hydroxyl groups is 3. The monoisotopic (exact) mass is 851 g/mol. The number of hydrogen-bond donors (Lipinski definition) is 6. The number of aliphatic carboxylic acids is 1. The minimum Gasteiger partial charge on any atom is -0.480 e. The van der Waals surface area contributed by atoms with E-state index < -0.39 is 76.0 Å². The second kappa shape index (κ2) is 33.3. The van der Waals surface area contributed by atoms with E-state index in [9.17, 15) is 39.2 Å². The number of aliphatic hydroxyl groups excluding tert-OH is 3. The molecular weight excluding hydrogens is 781 g/mol. The first-order chi connectivity index (χ1) is 28.3. The molecule has 0 aromatic carbocycles. The number of carbonyl (C=O) groups is 3. The number of hydrogen-bond acceptors (Lipinski definition) is 12. The Labute approximate surface area is 350 Å². The van der Waals surface area contributed by atoms with Crippen LogP contribution >= 0.6 is 7.82 Å². The standard InChI is InChI=1S/C44H70NO13P/c1-3-5-7-8-9-10-11-12-13-14-15-16-17-18-19-20-22-27-42(49)55-32-36(33-56-59(53,54)57-34-39(45)44(51)52)58-43(50)28-24-23-26-37-38(41(48)31-40(37)47)30-29-35(46)25-21-6-4-2/h5,7,9-10,12-13,15-16,18-19,23-24,29-30,35-41,46-48H,3-4,6,8,11,14,17,20-22,25-28,31-34,45H2,1-2H3,(H,51,52)(H,53,54)/b7-5-,10-9-,13-12-,16-15-,19-18-,24-23-,30-29+/t35-,36-,37+,38-,39+,40+,41-/m1/s1. The second-order valence-corrected chi connectivity index (χ2v) is 15.8. The molecule has 8 atom stereocenters. The Balaban J connectivity index is 2.63. The van der Waals surface area contributed by atoms with Crippen LogP contribution in [0, 0.1) is 11.8 Å². The van der Waals surface area contributed by atoms with E-state index in [1.54, 1.807) is 18.2 Å².